The molecule has 0 aliphatic rings. The number of aryl methyl sites for hydroxylation is 2. The zero-order valence-electron chi connectivity index (χ0n) is 10.4. The molecule has 0 aromatic carbocycles. The Morgan fingerprint density at radius 2 is 1.93 bits per heavy atom. The molecule has 1 heterocycles. The summed E-state index contributed by atoms with van der Waals surface area (Å²) >= 11 is 0. The Balaban J connectivity index is 2.83. The molecule has 2 N–H and O–H groups in total. The van der Waals surface area contributed by atoms with E-state index in [0.717, 1.165) is 31.4 Å². The second-order valence-electron chi connectivity index (χ2n) is 4.35. The first-order valence-electron chi connectivity index (χ1n) is 5.85. The summed E-state index contributed by atoms with van der Waals surface area (Å²) in [4.78, 5) is 0. The third-order valence-electron chi connectivity index (χ3n) is 3.33. The third kappa shape index (κ3) is 2.81. The Kier molecular flexibility index (Phi) is 3.91. The minimum absolute atomic E-state index is 0.0706. The van der Waals surface area contributed by atoms with E-state index in [-0.39, 0.29) is 5.54 Å². The van der Waals surface area contributed by atoms with Crippen molar-refractivity contribution in [1.29, 1.82) is 0 Å². The minimum atomic E-state index is -0.0706. The maximum atomic E-state index is 6.31. The fourth-order valence-electron chi connectivity index (χ4n) is 1.77. The van der Waals surface area contributed by atoms with E-state index < -0.39 is 0 Å². The first kappa shape index (κ1) is 12.2. The van der Waals surface area contributed by atoms with Gasteiger partial charge in [0.1, 0.15) is 0 Å². The molecule has 3 nitrogen and oxygen atoms in total. The molecule has 0 saturated carbocycles. The van der Waals surface area contributed by atoms with Gasteiger partial charge >= 0.3 is 0 Å². The summed E-state index contributed by atoms with van der Waals surface area (Å²) in [5, 5.41) is 4.44. The summed E-state index contributed by atoms with van der Waals surface area (Å²) in [6, 6.07) is 2.17. The molecule has 0 aliphatic heterocycles. The normalized spacial score (nSPS) is 12.1. The number of hydrogen-bond donors (Lipinski definition) is 1. The Bertz CT molecular complexity index is 311. The van der Waals surface area contributed by atoms with Crippen LogP contribution in [-0.4, -0.2) is 15.3 Å². The van der Waals surface area contributed by atoms with Crippen LogP contribution >= 0.6 is 0 Å². The smallest absolute Gasteiger partial charge is 0.0624 e. The van der Waals surface area contributed by atoms with Gasteiger partial charge < -0.3 is 5.73 Å². The van der Waals surface area contributed by atoms with Crippen LogP contribution in [0.25, 0.3) is 0 Å². The summed E-state index contributed by atoms with van der Waals surface area (Å²) in [7, 11) is 2.00. The summed E-state index contributed by atoms with van der Waals surface area (Å²) in [5.41, 5.74) is 8.64. The molecule has 0 atom stereocenters. The van der Waals surface area contributed by atoms with Crippen LogP contribution in [0.3, 0.4) is 0 Å². The predicted molar refractivity (Wildman–Crippen MR) is 63.8 cm³/mol. The zero-order valence-corrected chi connectivity index (χ0v) is 10.4. The highest BCUT2D eigenvalue weighted by molar-refractivity contribution is 5.13. The summed E-state index contributed by atoms with van der Waals surface area (Å²) in [6.07, 6.45) is 3.93. The molecule has 15 heavy (non-hydrogen) atoms. The van der Waals surface area contributed by atoms with Crippen molar-refractivity contribution < 1.29 is 0 Å². The highest BCUT2D eigenvalue weighted by Gasteiger charge is 2.22. The van der Waals surface area contributed by atoms with Gasteiger partial charge in [-0.2, -0.15) is 5.10 Å². The number of nitrogens with two attached hydrogens (primary N) is 1. The van der Waals surface area contributed by atoms with E-state index in [0.29, 0.717) is 0 Å². The van der Waals surface area contributed by atoms with Gasteiger partial charge in [0, 0.05) is 24.7 Å². The molecule has 1 aromatic rings. The number of hydrogen-bond acceptors (Lipinski definition) is 2. The van der Waals surface area contributed by atoms with Crippen molar-refractivity contribution in [2.75, 3.05) is 0 Å². The second-order valence-corrected chi connectivity index (χ2v) is 4.35. The Morgan fingerprint density at radius 1 is 1.33 bits per heavy atom. The summed E-state index contributed by atoms with van der Waals surface area (Å²) in [5.74, 6) is 0. The maximum Gasteiger partial charge on any atom is 0.0624 e. The Labute approximate surface area is 92.7 Å². The van der Waals surface area contributed by atoms with Gasteiger partial charge in [0.05, 0.1) is 5.69 Å². The van der Waals surface area contributed by atoms with Crippen molar-refractivity contribution in [3.05, 3.63) is 17.5 Å². The van der Waals surface area contributed by atoms with Crippen LogP contribution in [0.2, 0.25) is 0 Å². The number of rotatable bonds is 5. The lowest BCUT2D eigenvalue weighted by atomic mass is 9.89. The van der Waals surface area contributed by atoms with E-state index in [1.54, 1.807) is 0 Å². The molecule has 3 heteroatoms. The molecule has 0 amide bonds. The minimum Gasteiger partial charge on any atom is -0.325 e. The lowest BCUT2D eigenvalue weighted by Gasteiger charge is -2.26. The van der Waals surface area contributed by atoms with Gasteiger partial charge in [-0.05, 0) is 25.3 Å². The predicted octanol–water partition coefficient (Wildman–Crippen LogP) is 2.04. The van der Waals surface area contributed by atoms with Crippen LogP contribution in [0.1, 0.15) is 45.0 Å². The van der Waals surface area contributed by atoms with Crippen molar-refractivity contribution in [1.82, 2.24) is 9.78 Å². The monoisotopic (exact) mass is 209 g/mol. The number of nitrogens with zero attached hydrogens (tertiary/aromatic N) is 2. The topological polar surface area (TPSA) is 43.8 Å². The van der Waals surface area contributed by atoms with E-state index in [9.17, 15) is 0 Å². The molecule has 0 fully saturated rings. The third-order valence-corrected chi connectivity index (χ3v) is 3.33. The van der Waals surface area contributed by atoms with Gasteiger partial charge in [-0.1, -0.05) is 20.8 Å². The molecular weight excluding hydrogens is 186 g/mol. The lowest BCUT2D eigenvalue weighted by molar-refractivity contribution is 0.383. The number of aromatic nitrogens is 2. The van der Waals surface area contributed by atoms with Crippen LogP contribution in [0.15, 0.2) is 6.07 Å². The fraction of sp³-hybridized carbons (Fsp3) is 0.750. The van der Waals surface area contributed by atoms with E-state index in [1.165, 1.54) is 5.69 Å². The van der Waals surface area contributed by atoms with Crippen LogP contribution in [-0.2, 0) is 19.9 Å². The quantitative estimate of drug-likeness (QED) is 0.806. The van der Waals surface area contributed by atoms with Gasteiger partial charge in [-0.3, -0.25) is 4.68 Å². The van der Waals surface area contributed by atoms with E-state index in [1.807, 2.05) is 11.7 Å². The van der Waals surface area contributed by atoms with Gasteiger partial charge in [0.25, 0.3) is 0 Å². The molecule has 86 valence electrons. The van der Waals surface area contributed by atoms with Crippen molar-refractivity contribution in [3.8, 4) is 0 Å². The van der Waals surface area contributed by atoms with Gasteiger partial charge in [-0.25, -0.2) is 0 Å². The SMILES string of the molecule is CCc1cc(CC(N)(CC)CC)n(C)n1. The molecule has 0 radical (unpaired) electrons. The highest BCUT2D eigenvalue weighted by Crippen LogP contribution is 2.18. The Hall–Kier alpha value is -0.830. The van der Waals surface area contributed by atoms with Gasteiger partial charge in [0.15, 0.2) is 0 Å². The van der Waals surface area contributed by atoms with Crippen LogP contribution in [0.5, 0.6) is 0 Å². The first-order chi connectivity index (χ1) is 7.04. The summed E-state index contributed by atoms with van der Waals surface area (Å²) in [6.45, 7) is 6.43. The van der Waals surface area contributed by atoms with Gasteiger partial charge in [-0.15, -0.1) is 0 Å². The lowest BCUT2D eigenvalue weighted by Crippen LogP contribution is -2.41. The standard InChI is InChI=1S/C12H23N3/c1-5-10-8-11(15(4)14-10)9-12(13,6-2)7-3/h8H,5-7,9,13H2,1-4H3. The fourth-order valence-corrected chi connectivity index (χ4v) is 1.77. The molecule has 0 spiro atoms. The largest absolute Gasteiger partial charge is 0.325 e. The first-order valence-corrected chi connectivity index (χ1v) is 5.85. The summed E-state index contributed by atoms with van der Waals surface area (Å²) < 4.78 is 1.96. The van der Waals surface area contributed by atoms with Crippen LogP contribution < -0.4 is 5.73 Å². The van der Waals surface area contributed by atoms with Crippen molar-refractivity contribution in [3.63, 3.8) is 0 Å². The van der Waals surface area contributed by atoms with E-state index in [4.69, 9.17) is 5.73 Å². The highest BCUT2D eigenvalue weighted by atomic mass is 15.3. The zero-order chi connectivity index (χ0) is 11.5. The average molecular weight is 209 g/mol. The maximum absolute atomic E-state index is 6.31. The van der Waals surface area contributed by atoms with Crippen molar-refractivity contribution in [2.45, 2.75) is 52.0 Å². The molecule has 1 aromatic heterocycles. The molecule has 0 aliphatic carbocycles. The molecule has 0 saturated heterocycles. The van der Waals surface area contributed by atoms with Crippen LogP contribution in [0, 0.1) is 0 Å². The molecule has 1 rings (SSSR count). The average Bonchev–Trinajstić information content (AvgIpc) is 2.59. The Morgan fingerprint density at radius 3 is 2.33 bits per heavy atom. The second kappa shape index (κ2) is 4.79. The van der Waals surface area contributed by atoms with Gasteiger partial charge in [0.2, 0.25) is 0 Å². The van der Waals surface area contributed by atoms with Crippen molar-refractivity contribution >= 4 is 0 Å². The van der Waals surface area contributed by atoms with Crippen molar-refractivity contribution in [2.24, 2.45) is 12.8 Å². The van der Waals surface area contributed by atoms with Crippen LogP contribution in [0.4, 0.5) is 0 Å². The van der Waals surface area contributed by atoms with E-state index >= 15 is 0 Å². The molecular formula is C12H23N3. The molecule has 0 bridgehead atoms. The molecule has 0 unspecified atom stereocenters. The van der Waals surface area contributed by atoms with E-state index in [2.05, 4.69) is 31.9 Å².